The van der Waals surface area contributed by atoms with Gasteiger partial charge in [-0.15, -0.1) is 0 Å². The number of hydrogen-bond acceptors (Lipinski definition) is 3. The fraction of sp³-hybridized carbons (Fsp3) is 0.481. The molecule has 0 aromatic heterocycles. The number of hydrogen-bond donors (Lipinski definition) is 2. The maximum absolute atomic E-state index is 12.5. The maximum Gasteiger partial charge on any atom is 0.262 e. The average Bonchev–Trinajstić information content (AvgIpc) is 2.70. The van der Waals surface area contributed by atoms with Gasteiger partial charge in [0.2, 0.25) is 0 Å². The number of nitrogens with one attached hydrogen (secondary N) is 2. The van der Waals surface area contributed by atoms with Crippen molar-refractivity contribution in [3.8, 4) is 5.75 Å². The van der Waals surface area contributed by atoms with Crippen LogP contribution in [0.25, 0.3) is 0 Å². The van der Waals surface area contributed by atoms with Gasteiger partial charge in [0, 0.05) is 17.3 Å². The molecular weight excluding hydrogens is 400 g/mol. The van der Waals surface area contributed by atoms with E-state index in [0.717, 1.165) is 12.0 Å². The predicted molar refractivity (Wildman–Crippen MR) is 132 cm³/mol. The molecule has 2 rings (SSSR count). The second kappa shape index (κ2) is 10.2. The van der Waals surface area contributed by atoms with Crippen LogP contribution in [0.5, 0.6) is 5.75 Å². The SMILES string of the molecule is CCC(C)NC(=O)c1cccc(NC(=O)COc2ccc(C(C)(C)C)cc2C(C)(C)C)c1. The molecule has 2 amide bonds. The molecule has 0 aliphatic rings. The lowest BCUT2D eigenvalue weighted by Crippen LogP contribution is -2.32. The summed E-state index contributed by atoms with van der Waals surface area (Å²) >= 11 is 0. The van der Waals surface area contributed by atoms with Gasteiger partial charge < -0.3 is 15.4 Å². The highest BCUT2D eigenvalue weighted by molar-refractivity contribution is 5.97. The Labute approximate surface area is 192 Å². The van der Waals surface area contributed by atoms with Crippen molar-refractivity contribution < 1.29 is 14.3 Å². The number of amides is 2. The molecule has 2 aromatic rings. The van der Waals surface area contributed by atoms with Crippen molar-refractivity contribution in [1.29, 1.82) is 0 Å². The van der Waals surface area contributed by atoms with Gasteiger partial charge in [0.1, 0.15) is 5.75 Å². The van der Waals surface area contributed by atoms with Crippen LogP contribution in [-0.2, 0) is 15.6 Å². The Morgan fingerprint density at radius 1 is 0.969 bits per heavy atom. The van der Waals surface area contributed by atoms with Gasteiger partial charge in [-0.25, -0.2) is 0 Å². The van der Waals surface area contributed by atoms with Gasteiger partial charge in [-0.05, 0) is 59.6 Å². The topological polar surface area (TPSA) is 67.4 Å². The Kier molecular flexibility index (Phi) is 8.11. The first-order valence-corrected chi connectivity index (χ1v) is 11.3. The van der Waals surface area contributed by atoms with E-state index in [1.807, 2.05) is 19.9 Å². The van der Waals surface area contributed by atoms with Crippen molar-refractivity contribution in [2.75, 3.05) is 11.9 Å². The van der Waals surface area contributed by atoms with Crippen LogP contribution in [0, 0.1) is 0 Å². The van der Waals surface area contributed by atoms with Gasteiger partial charge in [0.25, 0.3) is 11.8 Å². The molecule has 0 radical (unpaired) electrons. The summed E-state index contributed by atoms with van der Waals surface area (Å²) in [6.07, 6.45) is 0.854. The Morgan fingerprint density at radius 2 is 1.66 bits per heavy atom. The molecule has 2 aromatic carbocycles. The van der Waals surface area contributed by atoms with Gasteiger partial charge in [0.05, 0.1) is 0 Å². The van der Waals surface area contributed by atoms with Crippen molar-refractivity contribution >= 4 is 17.5 Å². The summed E-state index contributed by atoms with van der Waals surface area (Å²) in [5.74, 6) is 0.284. The lowest BCUT2D eigenvalue weighted by Gasteiger charge is -2.27. The second-order valence-electron chi connectivity index (χ2n) is 10.4. The molecule has 2 N–H and O–H groups in total. The van der Waals surface area contributed by atoms with E-state index in [1.54, 1.807) is 24.3 Å². The van der Waals surface area contributed by atoms with Gasteiger partial charge in [0.15, 0.2) is 6.61 Å². The van der Waals surface area contributed by atoms with Crippen LogP contribution < -0.4 is 15.4 Å². The number of anilines is 1. The zero-order chi connectivity index (χ0) is 24.1. The molecule has 0 fully saturated rings. The minimum atomic E-state index is -0.274. The summed E-state index contributed by atoms with van der Waals surface area (Å²) in [5, 5.41) is 5.76. The predicted octanol–water partition coefficient (Wildman–Crippen LogP) is 5.83. The van der Waals surface area contributed by atoms with Crippen LogP contribution in [0.15, 0.2) is 42.5 Å². The second-order valence-corrected chi connectivity index (χ2v) is 10.4. The summed E-state index contributed by atoms with van der Waals surface area (Å²) < 4.78 is 5.92. The Balaban J connectivity index is 2.09. The summed E-state index contributed by atoms with van der Waals surface area (Å²) in [6.45, 7) is 16.8. The molecule has 0 saturated heterocycles. The van der Waals surface area contributed by atoms with Gasteiger partial charge in [-0.3, -0.25) is 9.59 Å². The standard InChI is InChI=1S/C27H38N2O3/c1-9-18(2)28-25(31)19-11-10-12-21(15-19)29-24(30)17-32-23-14-13-20(26(3,4)5)16-22(23)27(6,7)8/h10-16,18H,9,17H2,1-8H3,(H,28,31)(H,29,30). The number of ether oxygens (including phenoxy) is 1. The molecule has 174 valence electrons. The van der Waals surface area contributed by atoms with Crippen molar-refractivity contribution in [3.63, 3.8) is 0 Å². The van der Waals surface area contributed by atoms with Gasteiger partial charge >= 0.3 is 0 Å². The van der Waals surface area contributed by atoms with Crippen LogP contribution in [0.2, 0.25) is 0 Å². The van der Waals surface area contributed by atoms with E-state index >= 15 is 0 Å². The summed E-state index contributed by atoms with van der Waals surface area (Å²) in [4.78, 5) is 24.9. The van der Waals surface area contributed by atoms with Crippen molar-refractivity contribution in [1.82, 2.24) is 5.32 Å². The van der Waals surface area contributed by atoms with Crippen LogP contribution in [0.4, 0.5) is 5.69 Å². The minimum absolute atomic E-state index is 0.0299. The summed E-state index contributed by atoms with van der Waals surface area (Å²) in [5.41, 5.74) is 3.28. The lowest BCUT2D eigenvalue weighted by atomic mass is 9.80. The zero-order valence-corrected chi connectivity index (χ0v) is 20.8. The average molecular weight is 439 g/mol. The minimum Gasteiger partial charge on any atom is -0.483 e. The van der Waals surface area contributed by atoms with Crippen LogP contribution >= 0.6 is 0 Å². The molecule has 1 unspecified atom stereocenters. The molecule has 0 spiro atoms. The maximum atomic E-state index is 12.5. The fourth-order valence-corrected chi connectivity index (χ4v) is 3.20. The first-order chi connectivity index (χ1) is 14.8. The molecule has 1 atom stereocenters. The number of carbonyl (C=O) groups is 2. The monoisotopic (exact) mass is 438 g/mol. The van der Waals surface area contributed by atoms with Gasteiger partial charge in [-0.2, -0.15) is 0 Å². The largest absolute Gasteiger partial charge is 0.483 e. The third-order valence-corrected chi connectivity index (χ3v) is 5.41. The molecule has 32 heavy (non-hydrogen) atoms. The van der Waals surface area contributed by atoms with Crippen molar-refractivity contribution in [2.45, 2.75) is 78.7 Å². The highest BCUT2D eigenvalue weighted by Crippen LogP contribution is 2.35. The van der Waals surface area contributed by atoms with Crippen LogP contribution in [-0.4, -0.2) is 24.5 Å². The third-order valence-electron chi connectivity index (χ3n) is 5.41. The molecule has 0 heterocycles. The van der Waals surface area contributed by atoms with E-state index in [4.69, 9.17) is 4.74 Å². The molecule has 5 heteroatoms. The van der Waals surface area contributed by atoms with E-state index in [2.05, 4.69) is 64.3 Å². The molecule has 5 nitrogen and oxygen atoms in total. The normalized spacial score (nSPS) is 12.8. The van der Waals surface area contributed by atoms with E-state index in [0.29, 0.717) is 17.0 Å². The van der Waals surface area contributed by atoms with E-state index in [1.165, 1.54) is 5.56 Å². The number of benzene rings is 2. The third kappa shape index (κ3) is 7.11. The summed E-state index contributed by atoms with van der Waals surface area (Å²) in [7, 11) is 0. The van der Waals surface area contributed by atoms with E-state index in [-0.39, 0.29) is 35.3 Å². The first kappa shape index (κ1) is 25.4. The number of carbonyl (C=O) groups excluding carboxylic acids is 2. The highest BCUT2D eigenvalue weighted by atomic mass is 16.5. The number of rotatable bonds is 7. The quantitative estimate of drug-likeness (QED) is 0.572. The fourth-order valence-electron chi connectivity index (χ4n) is 3.20. The molecule has 0 bridgehead atoms. The van der Waals surface area contributed by atoms with Gasteiger partial charge in [-0.1, -0.05) is 66.7 Å². The highest BCUT2D eigenvalue weighted by Gasteiger charge is 2.23. The molecule has 0 aliphatic heterocycles. The Hall–Kier alpha value is -2.82. The molecule has 0 saturated carbocycles. The van der Waals surface area contributed by atoms with Crippen molar-refractivity contribution in [2.24, 2.45) is 0 Å². The van der Waals surface area contributed by atoms with Crippen LogP contribution in [0.1, 0.15) is 83.3 Å². The Morgan fingerprint density at radius 3 is 2.25 bits per heavy atom. The van der Waals surface area contributed by atoms with E-state index < -0.39 is 0 Å². The molecule has 0 aliphatic carbocycles. The first-order valence-electron chi connectivity index (χ1n) is 11.3. The lowest BCUT2D eigenvalue weighted by molar-refractivity contribution is -0.118. The smallest absolute Gasteiger partial charge is 0.262 e. The summed E-state index contributed by atoms with van der Waals surface area (Å²) in [6, 6.07) is 13.2. The van der Waals surface area contributed by atoms with Crippen molar-refractivity contribution in [3.05, 3.63) is 59.2 Å². The van der Waals surface area contributed by atoms with Crippen LogP contribution in [0.3, 0.4) is 0 Å². The Bertz CT molecular complexity index is 952. The zero-order valence-electron chi connectivity index (χ0n) is 20.8. The van der Waals surface area contributed by atoms with E-state index in [9.17, 15) is 9.59 Å². The molecular formula is C27H38N2O3.